The first-order valence-electron chi connectivity index (χ1n) is 3.67. The van der Waals surface area contributed by atoms with Gasteiger partial charge in [0.05, 0.1) is 0 Å². The van der Waals surface area contributed by atoms with Crippen molar-refractivity contribution in [3.05, 3.63) is 0 Å². The Morgan fingerprint density at radius 3 is 3.00 bits per heavy atom. The zero-order valence-corrected chi connectivity index (χ0v) is 7.04. The average Bonchev–Trinajstić information content (AvgIpc) is 1.88. The topological polar surface area (TPSA) is 29.1 Å². The van der Waals surface area contributed by atoms with E-state index in [0.29, 0.717) is 5.25 Å². The summed E-state index contributed by atoms with van der Waals surface area (Å²) in [6.45, 7) is 3.76. The van der Waals surface area contributed by atoms with Crippen LogP contribution in [0.3, 0.4) is 0 Å². The highest BCUT2D eigenvalue weighted by Gasteiger charge is 2.14. The van der Waals surface area contributed by atoms with Crippen LogP contribution in [0.15, 0.2) is 0 Å². The number of carbonyl (C=O) groups is 1. The van der Waals surface area contributed by atoms with Crippen molar-refractivity contribution in [3.63, 3.8) is 0 Å². The van der Waals surface area contributed by atoms with Crippen molar-refractivity contribution < 1.29 is 4.79 Å². The maximum atomic E-state index is 10.6. The molecule has 0 radical (unpaired) electrons. The monoisotopic (exact) mass is 159 g/mol. The van der Waals surface area contributed by atoms with Crippen molar-refractivity contribution in [3.8, 4) is 0 Å². The fraction of sp³-hybridized carbons (Fsp3) is 0.857. The van der Waals surface area contributed by atoms with Crippen molar-refractivity contribution in [2.24, 2.45) is 0 Å². The third-order valence-electron chi connectivity index (χ3n) is 1.58. The van der Waals surface area contributed by atoms with Crippen molar-refractivity contribution >= 4 is 16.9 Å². The molecular weight excluding hydrogens is 146 g/mol. The van der Waals surface area contributed by atoms with E-state index >= 15 is 0 Å². The van der Waals surface area contributed by atoms with E-state index in [1.165, 1.54) is 24.6 Å². The van der Waals surface area contributed by atoms with Crippen LogP contribution in [0.4, 0.5) is 0 Å². The molecule has 1 N–H and O–H groups in total. The lowest BCUT2D eigenvalue weighted by atomic mass is 10.2. The number of nitrogens with one attached hydrogen (secondary N) is 1. The van der Waals surface area contributed by atoms with Gasteiger partial charge in [0.2, 0.25) is 0 Å². The van der Waals surface area contributed by atoms with Crippen LogP contribution in [0, 0.1) is 0 Å². The quantitative estimate of drug-likeness (QED) is 0.619. The molecule has 1 heterocycles. The molecule has 0 amide bonds. The molecule has 0 aromatic carbocycles. The molecule has 2 nitrogen and oxygen atoms in total. The fourth-order valence-corrected chi connectivity index (χ4v) is 2.11. The molecule has 1 saturated heterocycles. The number of carbonyl (C=O) groups excluding carboxylic acids is 1. The molecule has 0 aromatic heterocycles. The highest BCUT2D eigenvalue weighted by Crippen LogP contribution is 2.18. The number of piperidine rings is 1. The van der Waals surface area contributed by atoms with E-state index < -0.39 is 0 Å². The molecular formula is C7H13NOS. The first-order chi connectivity index (χ1) is 4.79. The third kappa shape index (κ3) is 2.71. The summed E-state index contributed by atoms with van der Waals surface area (Å²) in [5.41, 5.74) is 0. The Balaban J connectivity index is 2.19. The van der Waals surface area contributed by atoms with Crippen molar-refractivity contribution in [1.82, 2.24) is 5.32 Å². The molecule has 0 bridgehead atoms. The highest BCUT2D eigenvalue weighted by atomic mass is 32.2. The summed E-state index contributed by atoms with van der Waals surface area (Å²) >= 11 is 1.47. The summed E-state index contributed by atoms with van der Waals surface area (Å²) in [5.74, 6) is 0. The van der Waals surface area contributed by atoms with Gasteiger partial charge in [-0.15, -0.1) is 0 Å². The zero-order valence-electron chi connectivity index (χ0n) is 6.22. The van der Waals surface area contributed by atoms with E-state index in [1.807, 2.05) is 0 Å². The van der Waals surface area contributed by atoms with Crippen LogP contribution >= 0.6 is 11.8 Å². The SMILES string of the molecule is CC(=O)SC1CCCNC1. The van der Waals surface area contributed by atoms with E-state index in [-0.39, 0.29) is 5.12 Å². The highest BCUT2D eigenvalue weighted by molar-refractivity contribution is 8.14. The summed E-state index contributed by atoms with van der Waals surface area (Å²) in [6.07, 6.45) is 2.40. The maximum absolute atomic E-state index is 10.6. The Labute approximate surface area is 65.8 Å². The van der Waals surface area contributed by atoms with Gasteiger partial charge < -0.3 is 5.32 Å². The van der Waals surface area contributed by atoms with Crippen molar-refractivity contribution in [2.75, 3.05) is 13.1 Å². The maximum Gasteiger partial charge on any atom is 0.186 e. The molecule has 1 aliphatic heterocycles. The number of thioether (sulfide) groups is 1. The van der Waals surface area contributed by atoms with E-state index in [0.717, 1.165) is 13.1 Å². The van der Waals surface area contributed by atoms with Gasteiger partial charge in [0.25, 0.3) is 0 Å². The van der Waals surface area contributed by atoms with E-state index in [9.17, 15) is 4.79 Å². The summed E-state index contributed by atoms with van der Waals surface area (Å²) < 4.78 is 0. The van der Waals surface area contributed by atoms with Gasteiger partial charge in [-0.25, -0.2) is 0 Å². The molecule has 10 heavy (non-hydrogen) atoms. The lowest BCUT2D eigenvalue weighted by Crippen LogP contribution is -2.32. The molecule has 1 unspecified atom stereocenters. The van der Waals surface area contributed by atoms with Gasteiger partial charge in [0.1, 0.15) is 0 Å². The van der Waals surface area contributed by atoms with Crippen LogP contribution in [0.25, 0.3) is 0 Å². The molecule has 0 spiro atoms. The second-order valence-corrected chi connectivity index (χ2v) is 4.06. The van der Waals surface area contributed by atoms with Crippen LogP contribution in [0.2, 0.25) is 0 Å². The van der Waals surface area contributed by atoms with Gasteiger partial charge in [-0.3, -0.25) is 4.79 Å². The van der Waals surface area contributed by atoms with Crippen LogP contribution in [-0.4, -0.2) is 23.5 Å². The minimum atomic E-state index is 0.244. The van der Waals surface area contributed by atoms with Gasteiger partial charge >= 0.3 is 0 Å². The van der Waals surface area contributed by atoms with Crippen molar-refractivity contribution in [2.45, 2.75) is 25.0 Å². The molecule has 3 heteroatoms. The minimum absolute atomic E-state index is 0.244. The zero-order chi connectivity index (χ0) is 7.40. The molecule has 58 valence electrons. The van der Waals surface area contributed by atoms with Crippen molar-refractivity contribution in [1.29, 1.82) is 0 Å². The summed E-state index contributed by atoms with van der Waals surface area (Å²) in [5, 5.41) is 4.04. The Morgan fingerprint density at radius 1 is 1.70 bits per heavy atom. The molecule has 0 aromatic rings. The normalized spacial score (nSPS) is 26.3. The smallest absolute Gasteiger partial charge is 0.186 e. The van der Waals surface area contributed by atoms with Crippen LogP contribution < -0.4 is 5.32 Å². The molecule has 1 atom stereocenters. The number of rotatable bonds is 1. The Morgan fingerprint density at radius 2 is 2.50 bits per heavy atom. The van der Waals surface area contributed by atoms with Gasteiger partial charge in [-0.1, -0.05) is 11.8 Å². The summed E-state index contributed by atoms with van der Waals surface area (Å²) in [4.78, 5) is 10.6. The molecule has 1 aliphatic rings. The Hall–Kier alpha value is -0.0200. The Kier molecular flexibility index (Phi) is 3.22. The van der Waals surface area contributed by atoms with E-state index in [2.05, 4.69) is 5.32 Å². The second kappa shape index (κ2) is 3.98. The van der Waals surface area contributed by atoms with Crippen LogP contribution in [0.1, 0.15) is 19.8 Å². The fourth-order valence-electron chi connectivity index (χ4n) is 1.16. The lowest BCUT2D eigenvalue weighted by molar-refractivity contribution is -0.109. The van der Waals surface area contributed by atoms with E-state index in [1.54, 1.807) is 6.92 Å². The number of hydrogen-bond donors (Lipinski definition) is 1. The van der Waals surface area contributed by atoms with Crippen LogP contribution in [-0.2, 0) is 4.79 Å². The van der Waals surface area contributed by atoms with Crippen LogP contribution in [0.5, 0.6) is 0 Å². The van der Waals surface area contributed by atoms with Gasteiger partial charge in [0.15, 0.2) is 5.12 Å². The summed E-state index contributed by atoms with van der Waals surface area (Å²) in [7, 11) is 0. The lowest BCUT2D eigenvalue weighted by Gasteiger charge is -2.20. The predicted molar refractivity (Wildman–Crippen MR) is 44.2 cm³/mol. The Bertz CT molecular complexity index is 121. The first kappa shape index (κ1) is 8.08. The molecule has 0 aliphatic carbocycles. The van der Waals surface area contributed by atoms with Gasteiger partial charge in [-0.2, -0.15) is 0 Å². The van der Waals surface area contributed by atoms with E-state index in [4.69, 9.17) is 0 Å². The third-order valence-corrected chi connectivity index (χ3v) is 2.65. The van der Waals surface area contributed by atoms with Gasteiger partial charge in [-0.05, 0) is 19.4 Å². The molecule has 0 saturated carbocycles. The second-order valence-electron chi connectivity index (χ2n) is 2.58. The minimum Gasteiger partial charge on any atom is -0.316 e. The summed E-state index contributed by atoms with van der Waals surface area (Å²) in [6, 6.07) is 0. The standard InChI is InChI=1S/C7H13NOS/c1-6(9)10-7-3-2-4-8-5-7/h7-8H,2-5H2,1H3. The average molecular weight is 159 g/mol. The molecule has 1 fully saturated rings. The number of hydrogen-bond acceptors (Lipinski definition) is 3. The first-order valence-corrected chi connectivity index (χ1v) is 4.55. The largest absolute Gasteiger partial charge is 0.316 e. The molecule has 1 rings (SSSR count). The predicted octanol–water partition coefficient (Wildman–Crippen LogP) is 1.02. The van der Waals surface area contributed by atoms with Gasteiger partial charge in [0, 0.05) is 18.7 Å².